The Bertz CT molecular complexity index is 366. The van der Waals surface area contributed by atoms with Crippen LogP contribution in [0.3, 0.4) is 0 Å². The first-order chi connectivity index (χ1) is 8.35. The van der Waals surface area contributed by atoms with E-state index in [1.165, 1.54) is 12.8 Å². The summed E-state index contributed by atoms with van der Waals surface area (Å²) in [6.07, 6.45) is 6.36. The Kier molecular flexibility index (Phi) is 4.22. The normalized spacial score (nSPS) is 24.8. The summed E-state index contributed by atoms with van der Waals surface area (Å²) in [5.41, 5.74) is 0. The van der Waals surface area contributed by atoms with Gasteiger partial charge >= 0.3 is 0 Å². The van der Waals surface area contributed by atoms with Crippen molar-refractivity contribution in [3.8, 4) is 6.07 Å². The van der Waals surface area contributed by atoms with Gasteiger partial charge in [-0.05, 0) is 31.5 Å². The molecule has 1 aromatic rings. The third-order valence-corrected chi connectivity index (χ3v) is 3.71. The summed E-state index contributed by atoms with van der Waals surface area (Å²) in [7, 11) is 0. The highest BCUT2D eigenvalue weighted by Gasteiger charge is 2.29. The van der Waals surface area contributed by atoms with Crippen LogP contribution in [0, 0.1) is 17.2 Å². The minimum absolute atomic E-state index is 0.193. The molecule has 3 nitrogen and oxygen atoms in total. The Labute approximate surface area is 103 Å². The van der Waals surface area contributed by atoms with Crippen molar-refractivity contribution in [1.82, 2.24) is 4.90 Å². The first-order valence-electron chi connectivity index (χ1n) is 6.51. The number of rotatable bonds is 4. The summed E-state index contributed by atoms with van der Waals surface area (Å²) < 4.78 is 5.40. The van der Waals surface area contributed by atoms with Crippen molar-refractivity contribution in [3.63, 3.8) is 0 Å². The topological polar surface area (TPSA) is 40.2 Å². The lowest BCUT2D eigenvalue weighted by Gasteiger charge is -2.36. The lowest BCUT2D eigenvalue weighted by Crippen LogP contribution is -2.41. The van der Waals surface area contributed by atoms with Gasteiger partial charge in [-0.3, -0.25) is 4.90 Å². The quantitative estimate of drug-likeness (QED) is 0.800. The van der Waals surface area contributed by atoms with E-state index in [1.807, 2.05) is 12.1 Å². The molecule has 2 rings (SSSR count). The first-order valence-corrected chi connectivity index (χ1v) is 6.51. The van der Waals surface area contributed by atoms with Crippen LogP contribution in [0.4, 0.5) is 0 Å². The number of nitriles is 1. The van der Waals surface area contributed by atoms with Gasteiger partial charge in [-0.25, -0.2) is 0 Å². The summed E-state index contributed by atoms with van der Waals surface area (Å²) >= 11 is 0. The Hall–Kier alpha value is -1.27. The smallest absolute Gasteiger partial charge is 0.117 e. The molecule has 2 unspecified atom stereocenters. The fourth-order valence-electron chi connectivity index (χ4n) is 2.77. The Balaban J connectivity index is 2.03. The minimum atomic E-state index is 0.193. The molecule has 1 fully saturated rings. The van der Waals surface area contributed by atoms with Crippen LogP contribution in [-0.2, 0) is 6.54 Å². The van der Waals surface area contributed by atoms with E-state index >= 15 is 0 Å². The van der Waals surface area contributed by atoms with Gasteiger partial charge in [0.15, 0.2) is 0 Å². The number of hydrogen-bond donors (Lipinski definition) is 0. The fraction of sp³-hybridized carbons (Fsp3) is 0.643. The van der Waals surface area contributed by atoms with Crippen LogP contribution in [0.2, 0.25) is 0 Å². The zero-order valence-corrected chi connectivity index (χ0v) is 10.4. The van der Waals surface area contributed by atoms with Gasteiger partial charge in [0.05, 0.1) is 24.8 Å². The maximum Gasteiger partial charge on any atom is 0.117 e. The highest BCUT2D eigenvalue weighted by Crippen LogP contribution is 2.28. The third kappa shape index (κ3) is 2.89. The number of hydrogen-bond acceptors (Lipinski definition) is 3. The molecule has 0 saturated heterocycles. The van der Waals surface area contributed by atoms with Crippen molar-refractivity contribution in [2.75, 3.05) is 6.54 Å². The van der Waals surface area contributed by atoms with Gasteiger partial charge in [0.1, 0.15) is 5.76 Å². The molecule has 0 aliphatic heterocycles. The van der Waals surface area contributed by atoms with E-state index in [9.17, 15) is 5.26 Å². The fourth-order valence-corrected chi connectivity index (χ4v) is 2.77. The first kappa shape index (κ1) is 12.2. The molecule has 17 heavy (non-hydrogen) atoms. The predicted octanol–water partition coefficient (Wildman–Crippen LogP) is 3.18. The average molecular weight is 232 g/mol. The summed E-state index contributed by atoms with van der Waals surface area (Å²) in [4.78, 5) is 2.38. The molecule has 1 aliphatic carbocycles. The molecular weight excluding hydrogens is 212 g/mol. The molecule has 0 amide bonds. The largest absolute Gasteiger partial charge is 0.468 e. The molecule has 0 spiro atoms. The predicted molar refractivity (Wildman–Crippen MR) is 66.2 cm³/mol. The van der Waals surface area contributed by atoms with Gasteiger partial charge in [-0.2, -0.15) is 5.26 Å². The van der Waals surface area contributed by atoms with Crippen LogP contribution in [0.1, 0.15) is 38.4 Å². The van der Waals surface area contributed by atoms with E-state index < -0.39 is 0 Å². The van der Waals surface area contributed by atoms with Crippen molar-refractivity contribution < 1.29 is 4.42 Å². The Morgan fingerprint density at radius 1 is 1.47 bits per heavy atom. The Morgan fingerprint density at radius 3 is 2.94 bits per heavy atom. The molecule has 1 heterocycles. The van der Waals surface area contributed by atoms with Gasteiger partial charge in [0, 0.05) is 6.04 Å². The second-order valence-corrected chi connectivity index (χ2v) is 4.73. The van der Waals surface area contributed by atoms with Crippen molar-refractivity contribution in [3.05, 3.63) is 24.2 Å². The van der Waals surface area contributed by atoms with Crippen LogP contribution in [0.25, 0.3) is 0 Å². The van der Waals surface area contributed by atoms with E-state index in [-0.39, 0.29) is 5.92 Å². The Morgan fingerprint density at radius 2 is 2.29 bits per heavy atom. The van der Waals surface area contributed by atoms with Crippen LogP contribution in [0.5, 0.6) is 0 Å². The SMILES string of the molecule is CCN(Cc1ccco1)C1CCCCC1C#N. The lowest BCUT2D eigenvalue weighted by molar-refractivity contribution is 0.118. The van der Waals surface area contributed by atoms with Crippen molar-refractivity contribution in [2.45, 2.75) is 45.2 Å². The van der Waals surface area contributed by atoms with Crippen LogP contribution < -0.4 is 0 Å². The van der Waals surface area contributed by atoms with Crippen LogP contribution >= 0.6 is 0 Å². The van der Waals surface area contributed by atoms with E-state index in [4.69, 9.17) is 4.42 Å². The standard InChI is InChI=1S/C14H20N2O/c1-2-16(11-13-7-5-9-17-13)14-8-4-3-6-12(14)10-15/h5,7,9,12,14H,2-4,6,8,11H2,1H3. The molecular formula is C14H20N2O. The minimum Gasteiger partial charge on any atom is -0.468 e. The molecule has 0 radical (unpaired) electrons. The second kappa shape index (κ2) is 5.88. The highest BCUT2D eigenvalue weighted by atomic mass is 16.3. The maximum absolute atomic E-state index is 9.23. The second-order valence-electron chi connectivity index (χ2n) is 4.73. The molecule has 0 bridgehead atoms. The third-order valence-electron chi connectivity index (χ3n) is 3.71. The summed E-state index contributed by atoms with van der Waals surface area (Å²) in [6, 6.07) is 6.81. The molecule has 1 aromatic heterocycles. The summed E-state index contributed by atoms with van der Waals surface area (Å²) in [5.74, 6) is 1.19. The highest BCUT2D eigenvalue weighted by molar-refractivity contribution is 5.01. The number of nitrogens with zero attached hydrogens (tertiary/aromatic N) is 2. The zero-order valence-electron chi connectivity index (χ0n) is 10.4. The molecule has 1 aliphatic rings. The maximum atomic E-state index is 9.23. The van der Waals surface area contributed by atoms with E-state index in [1.54, 1.807) is 6.26 Å². The van der Waals surface area contributed by atoms with Gasteiger partial charge in [-0.1, -0.05) is 19.8 Å². The van der Waals surface area contributed by atoms with Crippen LogP contribution in [-0.4, -0.2) is 17.5 Å². The van der Waals surface area contributed by atoms with Gasteiger partial charge in [0.2, 0.25) is 0 Å². The average Bonchev–Trinajstić information content (AvgIpc) is 2.89. The van der Waals surface area contributed by atoms with Gasteiger partial charge < -0.3 is 4.42 Å². The molecule has 0 N–H and O–H groups in total. The molecule has 92 valence electrons. The van der Waals surface area contributed by atoms with Crippen molar-refractivity contribution >= 4 is 0 Å². The van der Waals surface area contributed by atoms with Crippen molar-refractivity contribution in [2.24, 2.45) is 5.92 Å². The molecule has 1 saturated carbocycles. The summed E-state index contributed by atoms with van der Waals surface area (Å²) in [5, 5.41) is 9.23. The lowest BCUT2D eigenvalue weighted by atomic mass is 9.84. The molecule has 2 atom stereocenters. The van der Waals surface area contributed by atoms with E-state index in [0.717, 1.165) is 31.7 Å². The molecule has 0 aromatic carbocycles. The monoisotopic (exact) mass is 232 g/mol. The van der Waals surface area contributed by atoms with E-state index in [0.29, 0.717) is 6.04 Å². The molecule has 3 heteroatoms. The van der Waals surface area contributed by atoms with Crippen molar-refractivity contribution in [1.29, 1.82) is 5.26 Å². The van der Waals surface area contributed by atoms with Gasteiger partial charge in [-0.15, -0.1) is 0 Å². The van der Waals surface area contributed by atoms with Gasteiger partial charge in [0.25, 0.3) is 0 Å². The van der Waals surface area contributed by atoms with E-state index in [2.05, 4.69) is 17.9 Å². The summed E-state index contributed by atoms with van der Waals surface area (Å²) in [6.45, 7) is 3.96. The zero-order chi connectivity index (χ0) is 12.1. The number of furan rings is 1. The van der Waals surface area contributed by atoms with Crippen LogP contribution in [0.15, 0.2) is 22.8 Å².